The van der Waals surface area contributed by atoms with Gasteiger partial charge in [-0.15, -0.1) is 0 Å². The van der Waals surface area contributed by atoms with Gasteiger partial charge in [0.25, 0.3) is 0 Å². The molecule has 1 aliphatic carbocycles. The Bertz CT molecular complexity index is 159. The summed E-state index contributed by atoms with van der Waals surface area (Å²) in [5.74, 6) is 0.464. The Kier molecular flexibility index (Phi) is 6.26. The highest BCUT2D eigenvalue weighted by atomic mass is 16.3. The summed E-state index contributed by atoms with van der Waals surface area (Å²) >= 11 is 0. The molecule has 90 valence electrons. The van der Waals surface area contributed by atoms with Gasteiger partial charge in [-0.3, -0.25) is 0 Å². The van der Waals surface area contributed by atoms with Crippen molar-refractivity contribution in [3.63, 3.8) is 0 Å². The molecular weight excluding hydrogens is 188 g/mol. The molecular formula is C13H26O2. The van der Waals surface area contributed by atoms with E-state index in [4.69, 9.17) is 0 Å². The summed E-state index contributed by atoms with van der Waals surface area (Å²) in [7, 11) is 0. The van der Waals surface area contributed by atoms with E-state index in [0.29, 0.717) is 5.92 Å². The van der Waals surface area contributed by atoms with Crippen LogP contribution in [-0.2, 0) is 0 Å². The summed E-state index contributed by atoms with van der Waals surface area (Å²) in [4.78, 5) is 0. The number of aliphatic hydroxyl groups is 2. The van der Waals surface area contributed by atoms with E-state index >= 15 is 0 Å². The Balaban J connectivity index is 2.03. The van der Waals surface area contributed by atoms with Gasteiger partial charge in [-0.2, -0.15) is 0 Å². The third kappa shape index (κ3) is 4.98. The molecule has 0 saturated heterocycles. The molecule has 0 amide bonds. The lowest BCUT2D eigenvalue weighted by atomic mass is 9.96. The van der Waals surface area contributed by atoms with Crippen LogP contribution in [0, 0.1) is 5.92 Å². The second-order valence-corrected chi connectivity index (χ2v) is 4.99. The van der Waals surface area contributed by atoms with Crippen molar-refractivity contribution in [3.05, 3.63) is 0 Å². The highest BCUT2D eigenvalue weighted by molar-refractivity contribution is 4.77. The number of hydrogen-bond donors (Lipinski definition) is 2. The van der Waals surface area contributed by atoms with E-state index in [-0.39, 0.29) is 12.2 Å². The lowest BCUT2D eigenvalue weighted by Crippen LogP contribution is -2.16. The Morgan fingerprint density at radius 3 is 2.60 bits per heavy atom. The normalized spacial score (nSPS) is 28.2. The first-order valence-corrected chi connectivity index (χ1v) is 6.60. The summed E-state index contributed by atoms with van der Waals surface area (Å²) in [6, 6.07) is 0. The maximum absolute atomic E-state index is 9.74. The highest BCUT2D eigenvalue weighted by Gasteiger charge is 2.25. The molecule has 0 radical (unpaired) electrons. The minimum absolute atomic E-state index is 0.0900. The van der Waals surface area contributed by atoms with Crippen LogP contribution in [0.1, 0.15) is 64.7 Å². The molecule has 15 heavy (non-hydrogen) atoms. The van der Waals surface area contributed by atoms with Crippen molar-refractivity contribution in [1.82, 2.24) is 0 Å². The van der Waals surface area contributed by atoms with E-state index in [1.54, 1.807) is 0 Å². The van der Waals surface area contributed by atoms with Crippen LogP contribution in [0.3, 0.4) is 0 Å². The summed E-state index contributed by atoms with van der Waals surface area (Å²) in [5, 5.41) is 19.4. The highest BCUT2D eigenvalue weighted by Crippen LogP contribution is 2.30. The maximum atomic E-state index is 9.74. The topological polar surface area (TPSA) is 40.5 Å². The lowest BCUT2D eigenvalue weighted by Gasteiger charge is -2.16. The Hall–Kier alpha value is -0.0800. The zero-order valence-electron chi connectivity index (χ0n) is 9.99. The minimum Gasteiger partial charge on any atom is -0.393 e. The SMILES string of the molecule is CCCCC[C@H](O)CC[C@@H]1CCC[C@H]1O. The standard InChI is InChI=1S/C13H26O2/c1-2-3-4-7-12(14)10-9-11-6-5-8-13(11)15/h11-15H,2-10H2,1H3/t11-,12-,13+/m0/s1. The van der Waals surface area contributed by atoms with Crippen molar-refractivity contribution in [2.75, 3.05) is 0 Å². The minimum atomic E-state index is -0.135. The van der Waals surface area contributed by atoms with Gasteiger partial charge in [-0.1, -0.05) is 32.6 Å². The predicted octanol–water partition coefficient (Wildman–Crippen LogP) is 2.87. The zero-order valence-corrected chi connectivity index (χ0v) is 9.99. The second kappa shape index (κ2) is 7.24. The van der Waals surface area contributed by atoms with E-state index in [1.807, 2.05) is 0 Å². The van der Waals surface area contributed by atoms with Crippen molar-refractivity contribution in [3.8, 4) is 0 Å². The molecule has 0 heterocycles. The molecule has 0 aliphatic heterocycles. The number of aliphatic hydroxyl groups excluding tert-OH is 2. The van der Waals surface area contributed by atoms with Gasteiger partial charge in [0.05, 0.1) is 12.2 Å². The van der Waals surface area contributed by atoms with Gasteiger partial charge in [-0.05, 0) is 38.0 Å². The summed E-state index contributed by atoms with van der Waals surface area (Å²) in [6.07, 6.45) is 9.48. The quantitative estimate of drug-likeness (QED) is 0.640. The molecule has 2 heteroatoms. The molecule has 1 rings (SSSR count). The molecule has 0 unspecified atom stereocenters. The van der Waals surface area contributed by atoms with Crippen LogP contribution in [0.5, 0.6) is 0 Å². The third-order valence-corrected chi connectivity index (χ3v) is 3.63. The van der Waals surface area contributed by atoms with E-state index < -0.39 is 0 Å². The van der Waals surface area contributed by atoms with Crippen molar-refractivity contribution in [1.29, 1.82) is 0 Å². The zero-order chi connectivity index (χ0) is 11.1. The maximum Gasteiger partial charge on any atom is 0.0568 e. The van der Waals surface area contributed by atoms with Gasteiger partial charge in [0.15, 0.2) is 0 Å². The Labute approximate surface area is 93.7 Å². The first kappa shape index (κ1) is 13.0. The molecule has 1 saturated carbocycles. The molecule has 3 atom stereocenters. The van der Waals surface area contributed by atoms with Gasteiger partial charge in [0.2, 0.25) is 0 Å². The number of hydrogen-bond acceptors (Lipinski definition) is 2. The fourth-order valence-corrected chi connectivity index (χ4v) is 2.53. The number of unbranched alkanes of at least 4 members (excludes halogenated alkanes) is 2. The molecule has 2 nitrogen and oxygen atoms in total. The van der Waals surface area contributed by atoms with Gasteiger partial charge in [0.1, 0.15) is 0 Å². The summed E-state index contributed by atoms with van der Waals surface area (Å²) in [5.41, 5.74) is 0. The smallest absolute Gasteiger partial charge is 0.0568 e. The first-order valence-electron chi connectivity index (χ1n) is 6.60. The van der Waals surface area contributed by atoms with Gasteiger partial charge in [-0.25, -0.2) is 0 Å². The fraction of sp³-hybridized carbons (Fsp3) is 1.00. The van der Waals surface area contributed by atoms with Crippen LogP contribution in [0.25, 0.3) is 0 Å². The predicted molar refractivity (Wildman–Crippen MR) is 62.7 cm³/mol. The molecule has 0 aromatic heterocycles. The first-order chi connectivity index (χ1) is 7.24. The van der Waals surface area contributed by atoms with Crippen molar-refractivity contribution in [2.24, 2.45) is 5.92 Å². The van der Waals surface area contributed by atoms with Crippen molar-refractivity contribution < 1.29 is 10.2 Å². The average Bonchev–Trinajstić information content (AvgIpc) is 2.61. The van der Waals surface area contributed by atoms with E-state index in [0.717, 1.165) is 44.9 Å². The van der Waals surface area contributed by atoms with Gasteiger partial charge >= 0.3 is 0 Å². The molecule has 0 spiro atoms. The Morgan fingerprint density at radius 1 is 1.20 bits per heavy atom. The largest absolute Gasteiger partial charge is 0.393 e. The molecule has 1 aliphatic rings. The molecule has 0 aromatic carbocycles. The molecule has 0 aromatic rings. The number of rotatable bonds is 7. The van der Waals surface area contributed by atoms with Crippen LogP contribution in [0.4, 0.5) is 0 Å². The molecule has 1 fully saturated rings. The van der Waals surface area contributed by atoms with Crippen LogP contribution in [0.15, 0.2) is 0 Å². The summed E-state index contributed by atoms with van der Waals surface area (Å²) in [6.45, 7) is 2.18. The van der Waals surface area contributed by atoms with Crippen molar-refractivity contribution in [2.45, 2.75) is 76.9 Å². The van der Waals surface area contributed by atoms with Crippen LogP contribution in [0.2, 0.25) is 0 Å². The van der Waals surface area contributed by atoms with Crippen LogP contribution < -0.4 is 0 Å². The lowest BCUT2D eigenvalue weighted by molar-refractivity contribution is 0.101. The van der Waals surface area contributed by atoms with E-state index in [9.17, 15) is 10.2 Å². The van der Waals surface area contributed by atoms with E-state index in [1.165, 1.54) is 12.8 Å². The van der Waals surface area contributed by atoms with Gasteiger partial charge in [0, 0.05) is 0 Å². The van der Waals surface area contributed by atoms with Crippen LogP contribution >= 0.6 is 0 Å². The summed E-state index contributed by atoms with van der Waals surface area (Å²) < 4.78 is 0. The average molecular weight is 214 g/mol. The van der Waals surface area contributed by atoms with Crippen molar-refractivity contribution >= 4 is 0 Å². The second-order valence-electron chi connectivity index (χ2n) is 4.99. The third-order valence-electron chi connectivity index (χ3n) is 3.63. The molecule has 0 bridgehead atoms. The molecule has 2 N–H and O–H groups in total. The Morgan fingerprint density at radius 2 is 2.00 bits per heavy atom. The van der Waals surface area contributed by atoms with Gasteiger partial charge < -0.3 is 10.2 Å². The monoisotopic (exact) mass is 214 g/mol. The fourth-order valence-electron chi connectivity index (χ4n) is 2.53. The van der Waals surface area contributed by atoms with Crippen LogP contribution in [-0.4, -0.2) is 22.4 Å². The van der Waals surface area contributed by atoms with E-state index in [2.05, 4.69) is 6.92 Å².